The molecule has 0 aliphatic carbocycles. The van der Waals surface area contributed by atoms with Gasteiger partial charge in [0.15, 0.2) is 0 Å². The summed E-state index contributed by atoms with van der Waals surface area (Å²) < 4.78 is 5.37. The molecule has 0 fully saturated rings. The average molecular weight is 214 g/mol. The second-order valence-corrected chi connectivity index (χ2v) is 3.80. The van der Waals surface area contributed by atoms with Gasteiger partial charge in [0, 0.05) is 0 Å². The van der Waals surface area contributed by atoms with Gasteiger partial charge < -0.3 is 0 Å². The van der Waals surface area contributed by atoms with Crippen LogP contribution in [0.4, 0.5) is 0 Å². The summed E-state index contributed by atoms with van der Waals surface area (Å²) >= 11 is -1.05. The van der Waals surface area contributed by atoms with Gasteiger partial charge >= 0.3 is 74.0 Å². The monoisotopic (exact) mass is 213 g/mol. The zero-order valence-corrected chi connectivity index (χ0v) is 9.23. The minimum absolute atomic E-state index is 0.0152. The van der Waals surface area contributed by atoms with Crippen LogP contribution in [0.3, 0.4) is 0 Å². The van der Waals surface area contributed by atoms with Gasteiger partial charge in [-0.15, -0.1) is 0 Å². The van der Waals surface area contributed by atoms with Crippen LogP contribution in [0.25, 0.3) is 0 Å². The van der Waals surface area contributed by atoms with Crippen LogP contribution in [0.2, 0.25) is 0 Å². The van der Waals surface area contributed by atoms with E-state index in [1.165, 1.54) is 0 Å². The number of hydrogen-bond donors (Lipinski definition) is 2. The number of nitrogens with one attached hydrogen (secondary N) is 2. The van der Waals surface area contributed by atoms with Crippen LogP contribution >= 0.6 is 0 Å². The molecule has 5 heteroatoms. The van der Waals surface area contributed by atoms with Gasteiger partial charge in [0.1, 0.15) is 0 Å². The molecule has 11 heavy (non-hydrogen) atoms. The molecule has 2 amide bonds. The molecule has 4 nitrogen and oxygen atoms in total. The summed E-state index contributed by atoms with van der Waals surface area (Å²) in [5.41, 5.74) is 0. The first-order valence-corrected chi connectivity index (χ1v) is 6.03. The molecule has 0 aliphatic rings. The van der Waals surface area contributed by atoms with Crippen molar-refractivity contribution in [3.05, 3.63) is 0 Å². The summed E-state index contributed by atoms with van der Waals surface area (Å²) in [4.78, 5) is 21.3. The van der Waals surface area contributed by atoms with Gasteiger partial charge in [-0.3, -0.25) is 0 Å². The van der Waals surface area contributed by atoms with E-state index in [0.29, 0.717) is 12.8 Å². The fourth-order valence-corrected chi connectivity index (χ4v) is 2.08. The number of hydrogen-bond acceptors (Lipinski definition) is 2. The van der Waals surface area contributed by atoms with E-state index in [2.05, 4.69) is 8.05 Å². The quantitative estimate of drug-likeness (QED) is 0.624. The molecule has 2 N–H and O–H groups in total. The number of amides is 2. The summed E-state index contributed by atoms with van der Waals surface area (Å²) in [5, 5.41) is 0. The molecule has 0 rings (SSSR count). The van der Waals surface area contributed by atoms with E-state index in [1.807, 2.05) is 0 Å². The van der Waals surface area contributed by atoms with E-state index in [4.69, 9.17) is 0 Å². The molecule has 0 aliphatic heterocycles. The van der Waals surface area contributed by atoms with Gasteiger partial charge in [-0.25, -0.2) is 0 Å². The molecular formula is C6H12GaN2O2. The van der Waals surface area contributed by atoms with Gasteiger partial charge in [-0.05, 0) is 0 Å². The maximum absolute atomic E-state index is 10.7. The van der Waals surface area contributed by atoms with Crippen molar-refractivity contribution in [3.8, 4) is 0 Å². The Labute approximate surface area is 74.4 Å². The van der Waals surface area contributed by atoms with Gasteiger partial charge in [0.25, 0.3) is 0 Å². The molecule has 0 aromatic heterocycles. The van der Waals surface area contributed by atoms with E-state index >= 15 is 0 Å². The number of rotatable bonds is 4. The van der Waals surface area contributed by atoms with E-state index in [9.17, 15) is 9.59 Å². The van der Waals surface area contributed by atoms with Crippen molar-refractivity contribution in [2.75, 3.05) is 0 Å². The third kappa shape index (κ3) is 5.99. The van der Waals surface area contributed by atoms with Crippen molar-refractivity contribution < 1.29 is 9.59 Å². The Hall–Kier alpha value is -0.424. The van der Waals surface area contributed by atoms with E-state index < -0.39 is 17.9 Å². The molecule has 0 bridgehead atoms. The van der Waals surface area contributed by atoms with Crippen molar-refractivity contribution in [3.63, 3.8) is 0 Å². The second-order valence-electron chi connectivity index (χ2n) is 1.99. The minimum atomic E-state index is -1.05. The first-order valence-electron chi connectivity index (χ1n) is 3.61. The zero-order valence-electron chi connectivity index (χ0n) is 6.81. The third-order valence-corrected chi connectivity index (χ3v) is 3.07. The first-order chi connectivity index (χ1) is 5.20. The van der Waals surface area contributed by atoms with Crippen molar-refractivity contribution in [2.24, 2.45) is 0 Å². The van der Waals surface area contributed by atoms with Crippen LogP contribution in [-0.2, 0) is 9.59 Å². The molecular weight excluding hydrogens is 202 g/mol. The third-order valence-electron chi connectivity index (χ3n) is 1.11. The molecule has 0 heterocycles. The molecule has 61 valence electrons. The summed E-state index contributed by atoms with van der Waals surface area (Å²) in [6, 6.07) is 0. The average Bonchev–Trinajstić information content (AvgIpc) is 2.04. The number of carbonyl (C=O) groups is 2. The van der Waals surface area contributed by atoms with Crippen LogP contribution in [0.15, 0.2) is 0 Å². The van der Waals surface area contributed by atoms with E-state index in [0.717, 1.165) is 0 Å². The normalized spacial score (nSPS) is 8.55. The van der Waals surface area contributed by atoms with Crippen molar-refractivity contribution in [1.29, 1.82) is 0 Å². The Morgan fingerprint density at radius 2 is 1.45 bits per heavy atom. The molecule has 0 aromatic carbocycles. The summed E-state index contributed by atoms with van der Waals surface area (Å²) in [7, 11) is 0. The van der Waals surface area contributed by atoms with E-state index in [1.54, 1.807) is 13.8 Å². The van der Waals surface area contributed by atoms with Gasteiger partial charge in [0.2, 0.25) is 0 Å². The summed E-state index contributed by atoms with van der Waals surface area (Å²) in [6.45, 7) is 3.57. The fraction of sp³-hybridized carbons (Fsp3) is 0.667. The standard InChI is InChI=1S/2C3H7NO.Ga/c2*1-2-3(4)5;/h2*2H2,1H3,(H2,4,5);/q;;+2/p-2. The number of carbonyl (C=O) groups excluding carboxylic acids is 2. The predicted octanol–water partition coefficient (Wildman–Crippen LogP) is -0.427. The van der Waals surface area contributed by atoms with Crippen LogP contribution < -0.4 is 8.05 Å². The zero-order chi connectivity index (χ0) is 8.69. The van der Waals surface area contributed by atoms with Crippen molar-refractivity contribution in [2.45, 2.75) is 26.7 Å². The van der Waals surface area contributed by atoms with Gasteiger partial charge in [0.05, 0.1) is 0 Å². The Morgan fingerprint density at radius 3 is 1.73 bits per heavy atom. The SMILES string of the molecule is CCC(=O)[NH][Ga][NH]C(=O)CC. The molecule has 0 saturated heterocycles. The summed E-state index contributed by atoms with van der Waals surface area (Å²) in [6.07, 6.45) is 0.971. The molecule has 1 radical (unpaired) electrons. The predicted molar refractivity (Wildman–Crippen MR) is 42.6 cm³/mol. The molecule has 0 unspecified atom stereocenters. The van der Waals surface area contributed by atoms with Gasteiger partial charge in [-0.2, -0.15) is 0 Å². The van der Waals surface area contributed by atoms with Crippen LogP contribution in [0.5, 0.6) is 0 Å². The molecule has 0 atom stereocenters. The van der Waals surface area contributed by atoms with Gasteiger partial charge in [-0.1, -0.05) is 0 Å². The Balaban J connectivity index is 3.27. The Morgan fingerprint density at radius 1 is 1.09 bits per heavy atom. The summed E-state index contributed by atoms with van der Waals surface area (Å²) in [5.74, 6) is 0.0304. The first kappa shape index (κ1) is 10.6. The fourth-order valence-electron chi connectivity index (χ4n) is 0.401. The van der Waals surface area contributed by atoms with E-state index in [-0.39, 0.29) is 11.8 Å². The molecule has 0 aromatic rings. The Bertz CT molecular complexity index is 134. The maximum atomic E-state index is 10.7. The molecule has 0 spiro atoms. The Kier molecular flexibility index (Phi) is 6.05. The topological polar surface area (TPSA) is 58.2 Å². The van der Waals surface area contributed by atoms with Crippen LogP contribution in [0, 0.1) is 0 Å². The van der Waals surface area contributed by atoms with Crippen LogP contribution in [0.1, 0.15) is 26.7 Å². The molecule has 0 saturated carbocycles. The van der Waals surface area contributed by atoms with Crippen molar-refractivity contribution in [1.82, 2.24) is 8.05 Å². The second kappa shape index (κ2) is 6.30. The van der Waals surface area contributed by atoms with Crippen LogP contribution in [-0.4, -0.2) is 29.7 Å². The van der Waals surface area contributed by atoms with Crippen molar-refractivity contribution >= 4 is 29.7 Å².